The minimum Gasteiger partial charge on any atom is -0.478 e. The van der Waals surface area contributed by atoms with Gasteiger partial charge in [0.1, 0.15) is 5.75 Å². The van der Waals surface area contributed by atoms with Crippen LogP contribution in [0.25, 0.3) is 17.2 Å². The fraction of sp³-hybridized carbons (Fsp3) is 0.250. The Labute approximate surface area is 213 Å². The van der Waals surface area contributed by atoms with Crippen LogP contribution in [0.2, 0.25) is 0 Å². The van der Waals surface area contributed by atoms with Gasteiger partial charge in [-0.05, 0) is 70.9 Å². The molecule has 0 saturated heterocycles. The largest absolute Gasteiger partial charge is 0.478 e. The molecule has 0 unspecified atom stereocenters. The Balaban J connectivity index is 1.68. The van der Waals surface area contributed by atoms with Crippen LogP contribution in [0.5, 0.6) is 5.75 Å². The van der Waals surface area contributed by atoms with E-state index >= 15 is 0 Å². The second-order valence-corrected chi connectivity index (χ2v) is 9.15. The van der Waals surface area contributed by atoms with Crippen LogP contribution in [-0.4, -0.2) is 17.0 Å². The van der Waals surface area contributed by atoms with Crippen molar-refractivity contribution in [1.29, 1.82) is 0 Å². The molecule has 4 nitrogen and oxygen atoms in total. The SMILES string of the molecule is CCC(=C(c1ccc(C=CC(=O)O)cc1)c1ccc(OC(=O)C2CCCCC2)cc1)c1ccccc1. The van der Waals surface area contributed by atoms with Gasteiger partial charge in [-0.15, -0.1) is 0 Å². The maximum absolute atomic E-state index is 12.6. The summed E-state index contributed by atoms with van der Waals surface area (Å²) in [4.78, 5) is 23.5. The molecule has 0 aromatic heterocycles. The molecule has 1 fully saturated rings. The third-order valence-corrected chi connectivity index (χ3v) is 6.70. The standard InChI is InChI=1S/C32H32O4/c1-2-29(24-9-5-3-6-10-24)31(25-16-13-23(14-17-25)15-22-30(33)34)26-18-20-28(21-19-26)36-32(35)27-11-7-4-8-12-27/h3,5-6,9-10,13-22,27H,2,4,7-8,11-12H2,1H3,(H,33,34). The summed E-state index contributed by atoms with van der Waals surface area (Å²) in [7, 11) is 0. The molecule has 0 radical (unpaired) electrons. The molecular formula is C32H32O4. The van der Waals surface area contributed by atoms with Gasteiger partial charge in [-0.3, -0.25) is 4.79 Å². The summed E-state index contributed by atoms with van der Waals surface area (Å²) in [6.45, 7) is 2.15. The molecule has 1 aliphatic carbocycles. The minimum absolute atomic E-state index is 0.00680. The molecular weight excluding hydrogens is 448 g/mol. The van der Waals surface area contributed by atoms with Crippen LogP contribution in [-0.2, 0) is 9.59 Å². The number of ether oxygens (including phenoxy) is 1. The molecule has 0 spiro atoms. The van der Waals surface area contributed by atoms with Crippen molar-refractivity contribution in [3.05, 3.63) is 107 Å². The van der Waals surface area contributed by atoms with Crippen LogP contribution in [0.1, 0.15) is 67.7 Å². The van der Waals surface area contributed by atoms with E-state index in [4.69, 9.17) is 9.84 Å². The second-order valence-electron chi connectivity index (χ2n) is 9.15. The van der Waals surface area contributed by atoms with Crippen molar-refractivity contribution in [1.82, 2.24) is 0 Å². The Hall–Kier alpha value is -3.92. The van der Waals surface area contributed by atoms with E-state index in [-0.39, 0.29) is 11.9 Å². The number of carbonyl (C=O) groups is 2. The third kappa shape index (κ3) is 6.39. The van der Waals surface area contributed by atoms with Crippen molar-refractivity contribution < 1.29 is 19.4 Å². The molecule has 0 atom stereocenters. The molecule has 1 aliphatic rings. The summed E-state index contributed by atoms with van der Waals surface area (Å²) in [6, 6.07) is 26.0. The zero-order valence-corrected chi connectivity index (χ0v) is 20.7. The first-order valence-electron chi connectivity index (χ1n) is 12.7. The molecule has 184 valence electrons. The molecule has 0 bridgehead atoms. The van der Waals surface area contributed by atoms with Crippen molar-refractivity contribution in [3.63, 3.8) is 0 Å². The van der Waals surface area contributed by atoms with Crippen LogP contribution in [0.15, 0.2) is 84.9 Å². The summed E-state index contributed by atoms with van der Waals surface area (Å²) >= 11 is 0. The number of hydrogen-bond donors (Lipinski definition) is 1. The van der Waals surface area contributed by atoms with Crippen molar-refractivity contribution >= 4 is 29.2 Å². The van der Waals surface area contributed by atoms with E-state index in [1.165, 1.54) is 12.0 Å². The maximum Gasteiger partial charge on any atom is 0.328 e. The highest BCUT2D eigenvalue weighted by Crippen LogP contribution is 2.35. The summed E-state index contributed by atoms with van der Waals surface area (Å²) in [6.07, 6.45) is 8.78. The lowest BCUT2D eigenvalue weighted by molar-refractivity contribution is -0.140. The predicted molar refractivity (Wildman–Crippen MR) is 144 cm³/mol. The van der Waals surface area contributed by atoms with E-state index < -0.39 is 5.97 Å². The number of hydrogen-bond acceptors (Lipinski definition) is 3. The lowest BCUT2D eigenvalue weighted by Crippen LogP contribution is -2.22. The Kier molecular flexibility index (Phi) is 8.51. The molecule has 4 heteroatoms. The summed E-state index contributed by atoms with van der Waals surface area (Å²) < 4.78 is 5.72. The number of carboxylic acid groups (broad SMARTS) is 1. The topological polar surface area (TPSA) is 63.6 Å². The highest BCUT2D eigenvalue weighted by molar-refractivity contribution is 5.98. The van der Waals surface area contributed by atoms with E-state index in [0.29, 0.717) is 5.75 Å². The van der Waals surface area contributed by atoms with Gasteiger partial charge in [0.25, 0.3) is 0 Å². The van der Waals surface area contributed by atoms with Gasteiger partial charge in [0.15, 0.2) is 0 Å². The van der Waals surface area contributed by atoms with Gasteiger partial charge in [-0.1, -0.05) is 92.9 Å². The smallest absolute Gasteiger partial charge is 0.328 e. The van der Waals surface area contributed by atoms with E-state index in [1.807, 2.05) is 66.7 Å². The maximum atomic E-state index is 12.6. The molecule has 0 aliphatic heterocycles. The lowest BCUT2D eigenvalue weighted by Gasteiger charge is -2.20. The minimum atomic E-state index is -0.971. The monoisotopic (exact) mass is 480 g/mol. The van der Waals surface area contributed by atoms with Gasteiger partial charge >= 0.3 is 11.9 Å². The number of rotatable bonds is 8. The average Bonchev–Trinajstić information content (AvgIpc) is 2.92. The van der Waals surface area contributed by atoms with Crippen molar-refractivity contribution in [2.75, 3.05) is 0 Å². The predicted octanol–water partition coefficient (Wildman–Crippen LogP) is 7.64. The molecule has 3 aromatic rings. The van der Waals surface area contributed by atoms with Crippen LogP contribution in [0.3, 0.4) is 0 Å². The Morgan fingerprint density at radius 1 is 0.833 bits per heavy atom. The second kappa shape index (κ2) is 12.2. The van der Waals surface area contributed by atoms with Gasteiger partial charge in [0.05, 0.1) is 5.92 Å². The zero-order chi connectivity index (χ0) is 25.3. The number of benzene rings is 3. The highest BCUT2D eigenvalue weighted by Gasteiger charge is 2.23. The number of carbonyl (C=O) groups excluding carboxylic acids is 1. The van der Waals surface area contributed by atoms with Crippen LogP contribution >= 0.6 is 0 Å². The molecule has 0 heterocycles. The van der Waals surface area contributed by atoms with Gasteiger partial charge in [0, 0.05) is 6.08 Å². The molecule has 1 N–H and O–H groups in total. The zero-order valence-electron chi connectivity index (χ0n) is 20.7. The summed E-state index contributed by atoms with van der Waals surface area (Å²) in [5, 5.41) is 8.92. The first-order chi connectivity index (χ1) is 17.5. The van der Waals surface area contributed by atoms with E-state index in [2.05, 4.69) is 19.1 Å². The van der Waals surface area contributed by atoms with E-state index in [0.717, 1.165) is 66.0 Å². The molecule has 4 rings (SSSR count). The van der Waals surface area contributed by atoms with Gasteiger partial charge in [-0.2, -0.15) is 0 Å². The summed E-state index contributed by atoms with van der Waals surface area (Å²) in [5.41, 5.74) is 6.34. The third-order valence-electron chi connectivity index (χ3n) is 6.70. The molecule has 0 amide bonds. The molecule has 3 aromatic carbocycles. The van der Waals surface area contributed by atoms with Crippen molar-refractivity contribution in [2.45, 2.75) is 45.4 Å². The Bertz CT molecular complexity index is 1230. The number of carboxylic acids is 1. The molecule has 1 saturated carbocycles. The number of aliphatic carboxylic acids is 1. The van der Waals surface area contributed by atoms with Crippen molar-refractivity contribution in [2.24, 2.45) is 5.92 Å². The fourth-order valence-electron chi connectivity index (χ4n) is 4.84. The van der Waals surface area contributed by atoms with Crippen LogP contribution in [0, 0.1) is 5.92 Å². The van der Waals surface area contributed by atoms with Crippen molar-refractivity contribution in [3.8, 4) is 5.75 Å². The number of allylic oxidation sites excluding steroid dienone is 1. The molecule has 36 heavy (non-hydrogen) atoms. The van der Waals surface area contributed by atoms with E-state index in [9.17, 15) is 9.59 Å². The van der Waals surface area contributed by atoms with Gasteiger partial charge in [0.2, 0.25) is 0 Å². The first kappa shape index (κ1) is 25.2. The Morgan fingerprint density at radius 2 is 1.44 bits per heavy atom. The fourth-order valence-corrected chi connectivity index (χ4v) is 4.84. The Morgan fingerprint density at radius 3 is 2.03 bits per heavy atom. The summed E-state index contributed by atoms with van der Waals surface area (Å²) in [5.74, 6) is -0.518. The average molecular weight is 481 g/mol. The van der Waals surface area contributed by atoms with Gasteiger partial charge in [-0.25, -0.2) is 4.79 Å². The highest BCUT2D eigenvalue weighted by atomic mass is 16.5. The van der Waals surface area contributed by atoms with Gasteiger partial charge < -0.3 is 9.84 Å². The normalized spacial score (nSPS) is 14.9. The van der Waals surface area contributed by atoms with Crippen LogP contribution in [0.4, 0.5) is 0 Å². The lowest BCUT2D eigenvalue weighted by atomic mass is 9.88. The van der Waals surface area contributed by atoms with Crippen LogP contribution < -0.4 is 4.74 Å². The number of esters is 1. The first-order valence-corrected chi connectivity index (χ1v) is 12.7. The quantitative estimate of drug-likeness (QED) is 0.156. The van der Waals surface area contributed by atoms with E-state index in [1.54, 1.807) is 6.08 Å².